The average molecular weight is 525 g/mol. The number of aromatic nitrogens is 2. The number of rotatable bonds is 6. The lowest BCUT2D eigenvalue weighted by Crippen LogP contribution is -2.05. The summed E-state index contributed by atoms with van der Waals surface area (Å²) < 4.78 is 5.85. The van der Waals surface area contributed by atoms with Gasteiger partial charge in [-0.2, -0.15) is 10.2 Å². The smallest absolute Gasteiger partial charge is 0.248 e. The highest BCUT2D eigenvalue weighted by Crippen LogP contribution is 2.37. The van der Waals surface area contributed by atoms with Crippen LogP contribution in [0.1, 0.15) is 28.2 Å². The maximum Gasteiger partial charge on any atom is 0.248 e. The number of hydrogen-bond donors (Lipinski definition) is 2. The highest BCUT2D eigenvalue weighted by atomic mass is 35.5. The minimum Gasteiger partial charge on any atom is -0.437 e. The summed E-state index contributed by atoms with van der Waals surface area (Å²) in [6.45, 7) is 3.79. The van der Waals surface area contributed by atoms with Crippen molar-refractivity contribution in [1.29, 1.82) is 5.26 Å². The lowest BCUT2D eigenvalue weighted by atomic mass is 9.91. The molecule has 4 aromatic rings. The van der Waals surface area contributed by atoms with E-state index < -0.39 is 5.92 Å². The number of anilines is 3. The Balaban J connectivity index is 1.61. The van der Waals surface area contributed by atoms with Gasteiger partial charge in [-0.05, 0) is 72.5 Å². The Bertz CT molecular complexity index is 1430. The van der Waals surface area contributed by atoms with Crippen LogP contribution in [0, 0.1) is 25.2 Å². The number of nitriles is 1. The number of halogens is 3. The van der Waals surface area contributed by atoms with E-state index in [-0.39, 0.29) is 11.6 Å². The predicted molar refractivity (Wildman–Crippen MR) is 141 cm³/mol. The Hall–Kier alpha value is -3.50. The van der Waals surface area contributed by atoms with Crippen molar-refractivity contribution in [2.24, 2.45) is 0 Å². The van der Waals surface area contributed by atoms with Crippen LogP contribution in [0.2, 0.25) is 15.1 Å². The first-order valence-electron chi connectivity index (χ1n) is 10.5. The molecule has 176 valence electrons. The van der Waals surface area contributed by atoms with Gasteiger partial charge >= 0.3 is 0 Å². The van der Waals surface area contributed by atoms with Gasteiger partial charge in [0.2, 0.25) is 5.88 Å². The summed E-state index contributed by atoms with van der Waals surface area (Å²) in [6.07, 6.45) is 1.36. The van der Waals surface area contributed by atoms with Gasteiger partial charge in [-0.1, -0.05) is 53.0 Å². The van der Waals surface area contributed by atoms with Gasteiger partial charge in [0.25, 0.3) is 0 Å². The number of hydrogen-bond acceptors (Lipinski definition) is 6. The minimum atomic E-state index is -0.542. The molecule has 0 fully saturated rings. The van der Waals surface area contributed by atoms with Crippen LogP contribution in [0.15, 0.2) is 60.9 Å². The number of nitrogens with one attached hydrogen (secondary N) is 1. The molecular weight excluding hydrogens is 505 g/mol. The molecule has 3 aromatic carbocycles. The second kappa shape index (κ2) is 10.4. The summed E-state index contributed by atoms with van der Waals surface area (Å²) in [4.78, 5) is 8.40. The molecule has 1 aromatic heterocycles. The Labute approximate surface area is 218 Å². The van der Waals surface area contributed by atoms with Crippen molar-refractivity contribution in [3.05, 3.63) is 98.2 Å². The lowest BCUT2D eigenvalue weighted by molar-refractivity contribution is 0.464. The zero-order valence-electron chi connectivity index (χ0n) is 18.8. The molecule has 0 amide bonds. The fraction of sp³-hybridized carbons (Fsp3) is 0.115. The van der Waals surface area contributed by atoms with E-state index in [1.54, 1.807) is 36.4 Å². The Morgan fingerprint density at radius 3 is 2.37 bits per heavy atom. The first-order valence-corrected chi connectivity index (χ1v) is 11.7. The lowest BCUT2D eigenvalue weighted by Gasteiger charge is -2.17. The van der Waals surface area contributed by atoms with Crippen molar-refractivity contribution >= 4 is 52.0 Å². The van der Waals surface area contributed by atoms with Crippen molar-refractivity contribution in [1.82, 2.24) is 9.97 Å². The Morgan fingerprint density at radius 1 is 0.943 bits per heavy atom. The van der Waals surface area contributed by atoms with Crippen LogP contribution in [0.3, 0.4) is 0 Å². The van der Waals surface area contributed by atoms with Gasteiger partial charge in [-0.25, -0.2) is 4.98 Å². The maximum absolute atomic E-state index is 9.83. The van der Waals surface area contributed by atoms with Gasteiger partial charge in [-0.3, -0.25) is 0 Å². The molecule has 0 saturated heterocycles. The summed E-state index contributed by atoms with van der Waals surface area (Å²) in [7, 11) is 0. The molecule has 0 saturated carbocycles. The number of benzene rings is 3. The average Bonchev–Trinajstić information content (AvgIpc) is 2.83. The van der Waals surface area contributed by atoms with Gasteiger partial charge in [-0.15, -0.1) is 0 Å². The quantitative estimate of drug-likeness (QED) is 0.267. The molecule has 0 bridgehead atoms. The predicted octanol–water partition coefficient (Wildman–Crippen LogP) is 7.83. The van der Waals surface area contributed by atoms with Crippen molar-refractivity contribution in [2.75, 3.05) is 11.1 Å². The number of nitrogens with zero attached hydrogens (tertiary/aromatic N) is 3. The third-order valence-corrected chi connectivity index (χ3v) is 6.43. The number of nitrogens with two attached hydrogens (primary N) is 1. The van der Waals surface area contributed by atoms with E-state index in [9.17, 15) is 5.26 Å². The topological polar surface area (TPSA) is 96.9 Å². The number of nitrogen functional groups attached to an aromatic ring is 1. The second-order valence-electron chi connectivity index (χ2n) is 7.88. The summed E-state index contributed by atoms with van der Waals surface area (Å²) >= 11 is 18.7. The maximum atomic E-state index is 9.83. The van der Waals surface area contributed by atoms with Gasteiger partial charge in [0.05, 0.1) is 12.0 Å². The van der Waals surface area contributed by atoms with Gasteiger partial charge in [0.1, 0.15) is 17.8 Å². The molecule has 1 unspecified atom stereocenters. The summed E-state index contributed by atoms with van der Waals surface area (Å²) in [5.41, 5.74) is 10.4. The van der Waals surface area contributed by atoms with Crippen molar-refractivity contribution < 1.29 is 4.74 Å². The molecule has 9 heteroatoms. The van der Waals surface area contributed by atoms with Crippen molar-refractivity contribution in [3.63, 3.8) is 0 Å². The summed E-state index contributed by atoms with van der Waals surface area (Å²) in [5, 5.41) is 14.7. The standard InChI is InChI=1S/C26H20Cl3N5O/c1-14-9-18(7-8-21(14)28)35-26-24(31)25(32-13-33-26)34-23-11-22(29)19(10-15(23)2)20(12-30)16-3-5-17(27)6-4-16/h3-11,13,20H,31H2,1-2H3,(H,32,33,34). The van der Waals surface area contributed by atoms with Crippen molar-refractivity contribution in [2.45, 2.75) is 19.8 Å². The van der Waals surface area contributed by atoms with Crippen LogP contribution in [0.5, 0.6) is 11.6 Å². The molecule has 3 N–H and O–H groups in total. The van der Waals surface area contributed by atoms with E-state index in [4.69, 9.17) is 45.3 Å². The van der Waals surface area contributed by atoms with Gasteiger partial charge in [0.15, 0.2) is 5.82 Å². The highest BCUT2D eigenvalue weighted by molar-refractivity contribution is 6.32. The third kappa shape index (κ3) is 5.44. The van der Waals surface area contributed by atoms with Crippen LogP contribution in [-0.4, -0.2) is 9.97 Å². The van der Waals surface area contributed by atoms with E-state index >= 15 is 0 Å². The van der Waals surface area contributed by atoms with Crippen LogP contribution in [-0.2, 0) is 0 Å². The minimum absolute atomic E-state index is 0.205. The van der Waals surface area contributed by atoms with Gasteiger partial charge < -0.3 is 15.8 Å². The summed E-state index contributed by atoms with van der Waals surface area (Å²) in [6, 6.07) is 18.4. The zero-order chi connectivity index (χ0) is 25.1. The summed E-state index contributed by atoms with van der Waals surface area (Å²) in [5.74, 6) is 0.579. The molecule has 0 aliphatic heterocycles. The zero-order valence-corrected chi connectivity index (χ0v) is 21.1. The highest BCUT2D eigenvalue weighted by Gasteiger charge is 2.19. The Kier molecular flexibility index (Phi) is 7.32. The molecule has 6 nitrogen and oxygen atoms in total. The SMILES string of the molecule is Cc1cc(Oc2ncnc(Nc3cc(Cl)c(C(C#N)c4ccc(Cl)cc4)cc3C)c2N)ccc1Cl. The number of aryl methyl sites for hydroxylation is 2. The molecule has 0 spiro atoms. The normalized spacial score (nSPS) is 11.5. The molecule has 0 aliphatic rings. The van der Waals surface area contributed by atoms with Crippen LogP contribution in [0.25, 0.3) is 0 Å². The third-order valence-electron chi connectivity index (χ3n) is 5.43. The fourth-order valence-electron chi connectivity index (χ4n) is 3.52. The van der Waals surface area contributed by atoms with Crippen LogP contribution < -0.4 is 15.8 Å². The van der Waals surface area contributed by atoms with E-state index in [0.29, 0.717) is 37.9 Å². The second-order valence-corrected chi connectivity index (χ2v) is 9.13. The first kappa shape index (κ1) is 24.6. The molecule has 35 heavy (non-hydrogen) atoms. The van der Waals surface area contributed by atoms with E-state index in [1.165, 1.54) is 6.33 Å². The monoisotopic (exact) mass is 523 g/mol. The molecule has 0 aliphatic carbocycles. The molecule has 4 rings (SSSR count). The van der Waals surface area contributed by atoms with Crippen LogP contribution in [0.4, 0.5) is 17.2 Å². The molecule has 0 radical (unpaired) electrons. The van der Waals surface area contributed by atoms with Crippen LogP contribution >= 0.6 is 34.8 Å². The van der Waals surface area contributed by atoms with Gasteiger partial charge in [0, 0.05) is 20.8 Å². The molecule has 1 heterocycles. The molecule has 1 atom stereocenters. The van der Waals surface area contributed by atoms with E-state index in [0.717, 1.165) is 16.7 Å². The van der Waals surface area contributed by atoms with E-state index in [1.807, 2.05) is 32.0 Å². The molecular formula is C26H20Cl3N5O. The van der Waals surface area contributed by atoms with Crippen molar-refractivity contribution in [3.8, 4) is 17.7 Å². The number of ether oxygens (including phenoxy) is 1. The first-order chi connectivity index (χ1) is 16.8. The Morgan fingerprint density at radius 2 is 1.69 bits per heavy atom. The van der Waals surface area contributed by atoms with E-state index in [2.05, 4.69) is 21.4 Å². The largest absolute Gasteiger partial charge is 0.437 e. The fourth-order valence-corrected chi connectivity index (χ4v) is 4.04.